The van der Waals surface area contributed by atoms with Crippen molar-refractivity contribution in [3.05, 3.63) is 0 Å². The maximum Gasteiger partial charge on any atom is 0.224 e. The quantitative estimate of drug-likeness (QED) is 0.784. The zero-order valence-electron chi connectivity index (χ0n) is 8.73. The maximum absolute atomic E-state index is 11.6. The third-order valence-electron chi connectivity index (χ3n) is 2.09. The highest BCUT2D eigenvalue weighted by molar-refractivity contribution is 7.99. The van der Waals surface area contributed by atoms with Gasteiger partial charge in [0.05, 0.1) is 0 Å². The minimum Gasteiger partial charge on any atom is -0.341 e. The van der Waals surface area contributed by atoms with Crippen molar-refractivity contribution in [1.82, 2.24) is 4.90 Å². The predicted octanol–water partition coefficient (Wildman–Crippen LogP) is 1.11. The molecule has 2 N–H and O–H groups in total. The lowest BCUT2D eigenvalue weighted by atomic mass is 10.2. The van der Waals surface area contributed by atoms with E-state index >= 15 is 0 Å². The van der Waals surface area contributed by atoms with E-state index in [1.54, 1.807) is 0 Å². The van der Waals surface area contributed by atoms with Crippen molar-refractivity contribution in [2.24, 2.45) is 5.73 Å². The van der Waals surface area contributed by atoms with E-state index in [1.165, 1.54) is 0 Å². The average molecular weight is 239 g/mol. The number of nitrogens with zero attached hydrogens (tertiary/aromatic N) is 1. The van der Waals surface area contributed by atoms with E-state index in [0.29, 0.717) is 11.7 Å². The largest absolute Gasteiger partial charge is 0.341 e. The standard InChI is InChI=1S/C9H18N2OS.ClH/c1-7(10)5-9(12)11-3-4-13-8(2)6-11;/h7-8H,3-6,10H2,1-2H3;1H. The lowest BCUT2D eigenvalue weighted by molar-refractivity contribution is -0.131. The lowest BCUT2D eigenvalue weighted by Crippen LogP contribution is -2.42. The molecule has 1 aliphatic heterocycles. The van der Waals surface area contributed by atoms with Gasteiger partial charge in [0.2, 0.25) is 5.91 Å². The number of halogens is 1. The minimum absolute atomic E-state index is 0. The first-order valence-corrected chi connectivity index (χ1v) is 5.79. The van der Waals surface area contributed by atoms with Crippen molar-refractivity contribution in [1.29, 1.82) is 0 Å². The number of hydrogen-bond acceptors (Lipinski definition) is 3. The van der Waals surface area contributed by atoms with Crippen LogP contribution in [0.3, 0.4) is 0 Å². The second kappa shape index (κ2) is 6.53. The zero-order chi connectivity index (χ0) is 9.84. The second-order valence-electron chi connectivity index (χ2n) is 3.70. The van der Waals surface area contributed by atoms with Gasteiger partial charge in [-0.1, -0.05) is 6.92 Å². The van der Waals surface area contributed by atoms with Gasteiger partial charge in [-0.3, -0.25) is 4.79 Å². The molecular formula is C9H19ClN2OS. The van der Waals surface area contributed by atoms with Gasteiger partial charge in [0, 0.05) is 36.6 Å². The Morgan fingerprint density at radius 2 is 2.36 bits per heavy atom. The van der Waals surface area contributed by atoms with E-state index in [4.69, 9.17) is 5.73 Å². The topological polar surface area (TPSA) is 46.3 Å². The number of thioether (sulfide) groups is 1. The fraction of sp³-hybridized carbons (Fsp3) is 0.889. The summed E-state index contributed by atoms with van der Waals surface area (Å²) in [6.07, 6.45) is 0.484. The van der Waals surface area contributed by atoms with Crippen LogP contribution in [0.1, 0.15) is 20.3 Å². The third kappa shape index (κ3) is 4.53. The smallest absolute Gasteiger partial charge is 0.224 e. The van der Waals surface area contributed by atoms with Crippen LogP contribution in [0.15, 0.2) is 0 Å². The summed E-state index contributed by atoms with van der Waals surface area (Å²) in [7, 11) is 0. The van der Waals surface area contributed by atoms with E-state index in [9.17, 15) is 4.79 Å². The first kappa shape index (κ1) is 14.1. The lowest BCUT2D eigenvalue weighted by Gasteiger charge is -2.31. The van der Waals surface area contributed by atoms with Gasteiger partial charge in [0.15, 0.2) is 0 Å². The van der Waals surface area contributed by atoms with E-state index in [-0.39, 0.29) is 24.4 Å². The Kier molecular flexibility index (Phi) is 6.57. The molecule has 1 heterocycles. The van der Waals surface area contributed by atoms with E-state index in [2.05, 4.69) is 6.92 Å². The van der Waals surface area contributed by atoms with Crippen LogP contribution in [-0.2, 0) is 4.79 Å². The molecule has 0 aromatic heterocycles. The van der Waals surface area contributed by atoms with Crippen LogP contribution in [0.2, 0.25) is 0 Å². The Morgan fingerprint density at radius 1 is 1.71 bits per heavy atom. The Labute approximate surface area is 96.2 Å². The molecule has 1 aliphatic rings. The number of rotatable bonds is 2. The molecular weight excluding hydrogens is 220 g/mol. The van der Waals surface area contributed by atoms with Gasteiger partial charge in [-0.05, 0) is 6.92 Å². The number of hydrogen-bond donors (Lipinski definition) is 1. The summed E-state index contributed by atoms with van der Waals surface area (Å²) in [6, 6.07) is -0.0163. The molecule has 1 saturated heterocycles. The molecule has 0 bridgehead atoms. The molecule has 0 spiro atoms. The van der Waals surface area contributed by atoms with Crippen LogP contribution < -0.4 is 5.73 Å². The summed E-state index contributed by atoms with van der Waals surface area (Å²) < 4.78 is 0. The van der Waals surface area contributed by atoms with Crippen LogP contribution in [-0.4, -0.2) is 40.9 Å². The third-order valence-corrected chi connectivity index (χ3v) is 3.23. The normalized spacial score (nSPS) is 23.9. The van der Waals surface area contributed by atoms with Crippen molar-refractivity contribution < 1.29 is 4.79 Å². The van der Waals surface area contributed by atoms with Gasteiger partial charge < -0.3 is 10.6 Å². The molecule has 5 heteroatoms. The van der Waals surface area contributed by atoms with Gasteiger partial charge in [0.25, 0.3) is 0 Å². The van der Waals surface area contributed by atoms with Crippen molar-refractivity contribution in [3.8, 4) is 0 Å². The predicted molar refractivity (Wildman–Crippen MR) is 64.0 cm³/mol. The summed E-state index contributed by atoms with van der Waals surface area (Å²) >= 11 is 1.93. The number of amides is 1. The summed E-state index contributed by atoms with van der Waals surface area (Å²) in [6.45, 7) is 5.81. The van der Waals surface area contributed by atoms with Gasteiger partial charge >= 0.3 is 0 Å². The highest BCUT2D eigenvalue weighted by Crippen LogP contribution is 2.18. The van der Waals surface area contributed by atoms with Crippen LogP contribution in [0.5, 0.6) is 0 Å². The first-order chi connectivity index (χ1) is 6.09. The molecule has 0 saturated carbocycles. The highest BCUT2D eigenvalue weighted by atomic mass is 35.5. The second-order valence-corrected chi connectivity index (χ2v) is 5.25. The molecule has 2 atom stereocenters. The van der Waals surface area contributed by atoms with Crippen LogP contribution in [0, 0.1) is 0 Å². The fourth-order valence-corrected chi connectivity index (χ4v) is 2.46. The molecule has 3 nitrogen and oxygen atoms in total. The molecule has 0 aromatic carbocycles. The SMILES string of the molecule is CC(N)CC(=O)N1CCSC(C)C1.Cl. The molecule has 2 unspecified atom stereocenters. The van der Waals surface area contributed by atoms with Gasteiger partial charge in [-0.25, -0.2) is 0 Å². The van der Waals surface area contributed by atoms with Gasteiger partial charge in [-0.2, -0.15) is 11.8 Å². The highest BCUT2D eigenvalue weighted by Gasteiger charge is 2.21. The van der Waals surface area contributed by atoms with Gasteiger partial charge in [-0.15, -0.1) is 12.4 Å². The van der Waals surface area contributed by atoms with Crippen molar-refractivity contribution in [2.75, 3.05) is 18.8 Å². The van der Waals surface area contributed by atoms with Gasteiger partial charge in [0.1, 0.15) is 0 Å². The summed E-state index contributed by atoms with van der Waals surface area (Å²) in [4.78, 5) is 13.5. The first-order valence-electron chi connectivity index (χ1n) is 4.74. The summed E-state index contributed by atoms with van der Waals surface area (Å²) in [5.74, 6) is 1.27. The Balaban J connectivity index is 0.00000169. The van der Waals surface area contributed by atoms with Crippen LogP contribution >= 0.6 is 24.2 Å². The number of carbonyl (C=O) groups is 1. The molecule has 1 rings (SSSR count). The fourth-order valence-electron chi connectivity index (χ4n) is 1.45. The summed E-state index contributed by atoms with van der Waals surface area (Å²) in [5.41, 5.74) is 5.58. The van der Waals surface area contributed by atoms with Crippen molar-refractivity contribution in [2.45, 2.75) is 31.6 Å². The molecule has 0 aliphatic carbocycles. The van der Waals surface area contributed by atoms with Crippen LogP contribution in [0.4, 0.5) is 0 Å². The van der Waals surface area contributed by atoms with E-state index < -0.39 is 0 Å². The maximum atomic E-state index is 11.6. The molecule has 14 heavy (non-hydrogen) atoms. The molecule has 0 radical (unpaired) electrons. The summed E-state index contributed by atoms with van der Waals surface area (Å²) in [5, 5.41) is 0.575. The molecule has 84 valence electrons. The zero-order valence-corrected chi connectivity index (χ0v) is 10.4. The van der Waals surface area contributed by atoms with Crippen molar-refractivity contribution in [3.63, 3.8) is 0 Å². The molecule has 0 aromatic rings. The minimum atomic E-state index is -0.0163. The van der Waals surface area contributed by atoms with E-state index in [0.717, 1.165) is 18.8 Å². The average Bonchev–Trinajstić information content (AvgIpc) is 2.03. The van der Waals surface area contributed by atoms with Crippen LogP contribution in [0.25, 0.3) is 0 Å². The molecule has 1 fully saturated rings. The van der Waals surface area contributed by atoms with Crippen molar-refractivity contribution >= 4 is 30.1 Å². The molecule has 1 amide bonds. The Hall–Kier alpha value is 0.0700. The monoisotopic (exact) mass is 238 g/mol. The number of nitrogens with two attached hydrogens (primary N) is 1. The number of carbonyl (C=O) groups excluding carboxylic acids is 1. The Bertz CT molecular complexity index is 190. The van der Waals surface area contributed by atoms with E-state index in [1.807, 2.05) is 23.6 Å². The Morgan fingerprint density at radius 3 is 2.86 bits per heavy atom.